The predicted octanol–water partition coefficient (Wildman–Crippen LogP) is 3.93. The van der Waals surface area contributed by atoms with E-state index < -0.39 is 11.8 Å². The molecule has 0 fully saturated rings. The van der Waals surface area contributed by atoms with Crippen molar-refractivity contribution in [1.29, 1.82) is 0 Å². The van der Waals surface area contributed by atoms with Crippen molar-refractivity contribution < 1.29 is 14.8 Å². The monoisotopic (exact) mass is 329 g/mol. The molecule has 0 bridgehead atoms. The van der Waals surface area contributed by atoms with Gasteiger partial charge in [-0.05, 0) is 46.0 Å². The summed E-state index contributed by atoms with van der Waals surface area (Å²) in [6, 6.07) is 23.6. The summed E-state index contributed by atoms with van der Waals surface area (Å²) in [5.74, 6) is -1.27. The van der Waals surface area contributed by atoms with Gasteiger partial charge in [0.2, 0.25) is 0 Å². The normalized spacial score (nSPS) is 13.7. The number of hydrogen-bond acceptors (Lipinski definition) is 3. The highest BCUT2D eigenvalue weighted by Gasteiger charge is 2.30. The number of imide groups is 1. The lowest BCUT2D eigenvalue weighted by Crippen LogP contribution is -2.39. The Labute approximate surface area is 144 Å². The van der Waals surface area contributed by atoms with Crippen LogP contribution in [-0.2, 0) is 11.2 Å². The fourth-order valence-corrected chi connectivity index (χ4v) is 3.10. The first kappa shape index (κ1) is 15.3. The number of hydrogen-bond donors (Lipinski definition) is 1. The van der Waals surface area contributed by atoms with Crippen molar-refractivity contribution in [2.24, 2.45) is 0 Å². The van der Waals surface area contributed by atoms with Gasteiger partial charge in [0.05, 0.1) is 6.42 Å². The van der Waals surface area contributed by atoms with Crippen molar-refractivity contribution in [3.8, 4) is 22.3 Å². The fourth-order valence-electron chi connectivity index (χ4n) is 3.10. The lowest BCUT2D eigenvalue weighted by molar-refractivity contribution is -0.153. The minimum absolute atomic E-state index is 0.0176. The molecule has 0 atom stereocenters. The molecule has 25 heavy (non-hydrogen) atoms. The van der Waals surface area contributed by atoms with E-state index in [0.29, 0.717) is 11.1 Å². The second kappa shape index (κ2) is 6.00. The standard InChI is InChI=1S/C21H15NO3/c23-20-13-18-12-17(9-10-19(18)21(24)22(20)25)16-8-4-7-15(11-16)14-5-2-1-3-6-14/h1-12,25H,13H2. The number of rotatable bonds is 2. The van der Waals surface area contributed by atoms with Crippen LogP contribution in [0.5, 0.6) is 0 Å². The Kier molecular flexibility index (Phi) is 3.67. The Bertz CT molecular complexity index is 979. The molecule has 1 aliphatic rings. The van der Waals surface area contributed by atoms with Crippen LogP contribution in [0, 0.1) is 0 Å². The lowest BCUT2D eigenvalue weighted by Gasteiger charge is -2.21. The van der Waals surface area contributed by atoms with Crippen molar-refractivity contribution >= 4 is 11.8 Å². The van der Waals surface area contributed by atoms with Crippen LogP contribution in [0.2, 0.25) is 0 Å². The summed E-state index contributed by atoms with van der Waals surface area (Å²) in [6.07, 6.45) is 0.0176. The van der Waals surface area contributed by atoms with Crippen LogP contribution in [-0.4, -0.2) is 22.1 Å². The van der Waals surface area contributed by atoms with Crippen molar-refractivity contribution in [2.45, 2.75) is 6.42 Å². The zero-order valence-electron chi connectivity index (χ0n) is 13.3. The fraction of sp³-hybridized carbons (Fsp3) is 0.0476. The van der Waals surface area contributed by atoms with Crippen LogP contribution < -0.4 is 0 Å². The third-order valence-corrected chi connectivity index (χ3v) is 4.41. The van der Waals surface area contributed by atoms with E-state index in [2.05, 4.69) is 18.2 Å². The highest BCUT2D eigenvalue weighted by atomic mass is 16.5. The number of nitrogens with zero attached hydrogens (tertiary/aromatic N) is 1. The molecule has 122 valence electrons. The highest BCUT2D eigenvalue weighted by Crippen LogP contribution is 2.29. The van der Waals surface area contributed by atoms with Gasteiger partial charge in [-0.1, -0.05) is 54.6 Å². The average molecular weight is 329 g/mol. The number of hydroxylamine groups is 2. The Morgan fingerprint density at radius 3 is 2.12 bits per heavy atom. The van der Waals surface area contributed by atoms with Gasteiger partial charge in [0.1, 0.15) is 0 Å². The topological polar surface area (TPSA) is 57.6 Å². The maximum Gasteiger partial charge on any atom is 0.284 e. The van der Waals surface area contributed by atoms with Gasteiger partial charge in [0.25, 0.3) is 11.8 Å². The molecule has 1 N–H and O–H groups in total. The van der Waals surface area contributed by atoms with Gasteiger partial charge in [0.15, 0.2) is 0 Å². The predicted molar refractivity (Wildman–Crippen MR) is 94.0 cm³/mol. The van der Waals surface area contributed by atoms with E-state index >= 15 is 0 Å². The van der Waals surface area contributed by atoms with Crippen LogP contribution in [0.15, 0.2) is 72.8 Å². The average Bonchev–Trinajstić information content (AvgIpc) is 2.66. The lowest BCUT2D eigenvalue weighted by atomic mass is 9.93. The Hall–Kier alpha value is -3.24. The van der Waals surface area contributed by atoms with Gasteiger partial charge in [-0.2, -0.15) is 5.06 Å². The van der Waals surface area contributed by atoms with Crippen LogP contribution in [0.4, 0.5) is 0 Å². The molecular formula is C21H15NO3. The van der Waals surface area contributed by atoms with E-state index in [9.17, 15) is 14.8 Å². The van der Waals surface area contributed by atoms with E-state index in [0.717, 1.165) is 22.3 Å². The second-order valence-corrected chi connectivity index (χ2v) is 6.01. The molecule has 0 saturated carbocycles. The van der Waals surface area contributed by atoms with Crippen molar-refractivity contribution in [2.75, 3.05) is 0 Å². The largest absolute Gasteiger partial charge is 0.284 e. The summed E-state index contributed by atoms with van der Waals surface area (Å²) >= 11 is 0. The molecule has 4 nitrogen and oxygen atoms in total. The Balaban J connectivity index is 1.76. The summed E-state index contributed by atoms with van der Waals surface area (Å²) in [4.78, 5) is 23.7. The Morgan fingerprint density at radius 1 is 0.720 bits per heavy atom. The zero-order chi connectivity index (χ0) is 17.4. The second-order valence-electron chi connectivity index (χ2n) is 6.01. The number of fused-ring (bicyclic) bond motifs is 1. The molecule has 0 radical (unpaired) electrons. The van der Waals surface area contributed by atoms with Crippen LogP contribution in [0.3, 0.4) is 0 Å². The maximum absolute atomic E-state index is 12.0. The maximum atomic E-state index is 12.0. The number of benzene rings is 3. The van der Waals surface area contributed by atoms with Gasteiger partial charge in [0, 0.05) is 5.56 Å². The van der Waals surface area contributed by atoms with Crippen molar-refractivity contribution in [3.05, 3.63) is 83.9 Å². The van der Waals surface area contributed by atoms with E-state index in [1.807, 2.05) is 48.5 Å². The van der Waals surface area contributed by atoms with Crippen LogP contribution in [0.25, 0.3) is 22.3 Å². The van der Waals surface area contributed by atoms with E-state index in [1.54, 1.807) is 6.07 Å². The quantitative estimate of drug-likeness (QED) is 0.572. The Morgan fingerprint density at radius 2 is 1.36 bits per heavy atom. The molecule has 0 saturated heterocycles. The van der Waals surface area contributed by atoms with E-state index in [-0.39, 0.29) is 11.5 Å². The van der Waals surface area contributed by atoms with Crippen molar-refractivity contribution in [3.63, 3.8) is 0 Å². The number of carbonyl (C=O) groups is 2. The van der Waals surface area contributed by atoms with Gasteiger partial charge in [-0.15, -0.1) is 0 Å². The van der Waals surface area contributed by atoms with E-state index in [4.69, 9.17) is 0 Å². The molecule has 4 rings (SSSR count). The first-order chi connectivity index (χ1) is 12.1. The molecule has 3 aromatic carbocycles. The summed E-state index contributed by atoms with van der Waals surface area (Å²) in [6.45, 7) is 0. The molecule has 4 heteroatoms. The number of carbonyl (C=O) groups excluding carboxylic acids is 2. The molecule has 1 aliphatic heterocycles. The van der Waals surface area contributed by atoms with Gasteiger partial charge in [-0.25, -0.2) is 0 Å². The summed E-state index contributed by atoms with van der Waals surface area (Å²) in [5, 5.41) is 9.67. The van der Waals surface area contributed by atoms with Gasteiger partial charge < -0.3 is 0 Å². The summed E-state index contributed by atoms with van der Waals surface area (Å²) in [5.41, 5.74) is 5.18. The smallest absolute Gasteiger partial charge is 0.278 e. The number of amides is 2. The first-order valence-electron chi connectivity index (χ1n) is 7.98. The minimum Gasteiger partial charge on any atom is -0.278 e. The molecule has 0 unspecified atom stereocenters. The molecular weight excluding hydrogens is 314 g/mol. The van der Waals surface area contributed by atoms with E-state index in [1.165, 1.54) is 0 Å². The molecule has 0 aromatic heterocycles. The first-order valence-corrected chi connectivity index (χ1v) is 7.98. The SMILES string of the molecule is O=C1Cc2cc(-c3cccc(-c4ccccc4)c3)ccc2C(=O)N1O. The molecule has 1 heterocycles. The highest BCUT2D eigenvalue weighted by molar-refractivity contribution is 6.08. The van der Waals surface area contributed by atoms with Crippen LogP contribution >= 0.6 is 0 Å². The molecule has 0 spiro atoms. The summed E-state index contributed by atoms with van der Waals surface area (Å²) in [7, 11) is 0. The molecule has 2 amide bonds. The van der Waals surface area contributed by atoms with Crippen LogP contribution in [0.1, 0.15) is 15.9 Å². The third-order valence-electron chi connectivity index (χ3n) is 4.41. The minimum atomic E-state index is -0.671. The summed E-state index contributed by atoms with van der Waals surface area (Å²) < 4.78 is 0. The zero-order valence-corrected chi connectivity index (χ0v) is 13.3. The molecule has 3 aromatic rings. The third kappa shape index (κ3) is 2.73. The van der Waals surface area contributed by atoms with Gasteiger partial charge in [-0.3, -0.25) is 14.8 Å². The van der Waals surface area contributed by atoms with Gasteiger partial charge >= 0.3 is 0 Å². The molecule has 0 aliphatic carbocycles. The van der Waals surface area contributed by atoms with Crippen molar-refractivity contribution in [1.82, 2.24) is 5.06 Å².